The number of amides is 1. The topological polar surface area (TPSA) is 110 Å². The molecule has 0 aliphatic carbocycles. The second kappa shape index (κ2) is 9.10. The van der Waals surface area contributed by atoms with E-state index in [1.54, 1.807) is 16.9 Å². The molecular formula is C26H29N7O. The second-order valence-corrected chi connectivity index (χ2v) is 9.36. The molecule has 1 aliphatic rings. The fraction of sp³-hybridized carbons (Fsp3) is 0.346. The number of anilines is 1. The number of nitrogens with zero attached hydrogens (tertiary/aromatic N) is 5. The number of nitriles is 1. The predicted molar refractivity (Wildman–Crippen MR) is 134 cm³/mol. The number of hydrogen-bond acceptors (Lipinski definition) is 6. The molecule has 0 saturated carbocycles. The molecule has 4 rings (SSSR count). The molecule has 3 aromatic rings. The van der Waals surface area contributed by atoms with Gasteiger partial charge in [0, 0.05) is 59.8 Å². The summed E-state index contributed by atoms with van der Waals surface area (Å²) in [7, 11) is 0. The predicted octanol–water partition coefficient (Wildman–Crippen LogP) is 4.06. The summed E-state index contributed by atoms with van der Waals surface area (Å²) in [5.41, 5.74) is 3.78. The van der Waals surface area contributed by atoms with Gasteiger partial charge in [0.25, 0.3) is 0 Å². The molecule has 174 valence electrons. The first-order valence-corrected chi connectivity index (χ1v) is 11.4. The van der Waals surface area contributed by atoms with Crippen molar-refractivity contribution in [1.82, 2.24) is 19.9 Å². The van der Waals surface area contributed by atoms with Gasteiger partial charge in [-0.15, -0.1) is 0 Å². The molecule has 1 aliphatic heterocycles. The first-order valence-electron chi connectivity index (χ1n) is 11.4. The van der Waals surface area contributed by atoms with Crippen LogP contribution in [0, 0.1) is 22.2 Å². The number of allylic oxidation sites excluding steroid dienone is 1. The van der Waals surface area contributed by atoms with Crippen LogP contribution in [-0.4, -0.2) is 45.9 Å². The van der Waals surface area contributed by atoms with Crippen molar-refractivity contribution < 1.29 is 4.79 Å². The average Bonchev–Trinajstić information content (AvgIpc) is 3.26. The zero-order chi connectivity index (χ0) is 24.5. The minimum atomic E-state index is -0.361. The van der Waals surface area contributed by atoms with Gasteiger partial charge in [-0.2, -0.15) is 10.4 Å². The molecule has 8 nitrogen and oxygen atoms in total. The van der Waals surface area contributed by atoms with Crippen molar-refractivity contribution in [2.75, 3.05) is 18.0 Å². The normalized spacial score (nSPS) is 15.2. The molecule has 3 aromatic heterocycles. The van der Waals surface area contributed by atoms with Crippen LogP contribution in [0.5, 0.6) is 0 Å². The Labute approximate surface area is 199 Å². The van der Waals surface area contributed by atoms with Gasteiger partial charge in [-0.3, -0.25) is 4.79 Å². The number of piperidine rings is 1. The average molecular weight is 456 g/mol. The Morgan fingerprint density at radius 1 is 1.32 bits per heavy atom. The molecular weight excluding hydrogens is 426 g/mol. The first-order chi connectivity index (χ1) is 16.3. The van der Waals surface area contributed by atoms with Crippen molar-refractivity contribution >= 4 is 29.0 Å². The maximum atomic E-state index is 12.6. The summed E-state index contributed by atoms with van der Waals surface area (Å²) in [6, 6.07) is 8.22. The van der Waals surface area contributed by atoms with Gasteiger partial charge < -0.3 is 15.6 Å². The lowest BCUT2D eigenvalue weighted by Gasteiger charge is -2.39. The molecule has 0 atom stereocenters. The highest BCUT2D eigenvalue weighted by Gasteiger charge is 2.37. The van der Waals surface area contributed by atoms with Gasteiger partial charge in [-0.1, -0.05) is 13.5 Å². The summed E-state index contributed by atoms with van der Waals surface area (Å²) in [5.74, 6) is 0.982. The van der Waals surface area contributed by atoms with Crippen molar-refractivity contribution in [1.29, 1.82) is 10.7 Å². The third-order valence-corrected chi connectivity index (χ3v) is 6.50. The Kier molecular flexibility index (Phi) is 6.20. The molecule has 1 amide bonds. The van der Waals surface area contributed by atoms with Crippen molar-refractivity contribution in [3.63, 3.8) is 0 Å². The van der Waals surface area contributed by atoms with E-state index in [0.29, 0.717) is 16.7 Å². The van der Waals surface area contributed by atoms with Gasteiger partial charge in [-0.25, -0.2) is 9.50 Å². The molecule has 0 spiro atoms. The van der Waals surface area contributed by atoms with Crippen molar-refractivity contribution in [2.24, 2.45) is 5.41 Å². The Hall–Kier alpha value is -3.99. The molecule has 0 aromatic carbocycles. The number of pyridine rings is 2. The molecule has 2 N–H and O–H groups in total. The van der Waals surface area contributed by atoms with Crippen LogP contribution in [0.15, 0.2) is 43.4 Å². The van der Waals surface area contributed by atoms with Crippen LogP contribution in [0.2, 0.25) is 0 Å². The van der Waals surface area contributed by atoms with E-state index in [2.05, 4.69) is 28.0 Å². The van der Waals surface area contributed by atoms with Gasteiger partial charge in [-0.05, 0) is 50.5 Å². The molecule has 1 saturated heterocycles. The zero-order valence-corrected chi connectivity index (χ0v) is 19.8. The molecule has 1 fully saturated rings. The van der Waals surface area contributed by atoms with E-state index in [1.807, 2.05) is 39.0 Å². The van der Waals surface area contributed by atoms with E-state index in [4.69, 9.17) is 10.4 Å². The number of carbonyl (C=O) groups is 1. The summed E-state index contributed by atoms with van der Waals surface area (Å²) < 4.78 is 1.65. The van der Waals surface area contributed by atoms with E-state index in [-0.39, 0.29) is 17.4 Å². The van der Waals surface area contributed by atoms with Crippen LogP contribution >= 0.6 is 0 Å². The van der Waals surface area contributed by atoms with Crippen LogP contribution in [-0.2, 0) is 4.79 Å². The lowest BCUT2D eigenvalue weighted by Crippen LogP contribution is -2.49. The molecule has 4 heterocycles. The molecule has 0 bridgehead atoms. The van der Waals surface area contributed by atoms with Crippen molar-refractivity contribution in [2.45, 2.75) is 39.7 Å². The van der Waals surface area contributed by atoms with Gasteiger partial charge >= 0.3 is 0 Å². The van der Waals surface area contributed by atoms with Crippen LogP contribution in [0.25, 0.3) is 22.2 Å². The quantitative estimate of drug-likeness (QED) is 0.545. The number of carbonyl (C=O) groups excluding carboxylic acids is 1. The highest BCUT2D eigenvalue weighted by atomic mass is 16.2. The van der Waals surface area contributed by atoms with E-state index < -0.39 is 0 Å². The highest BCUT2D eigenvalue weighted by Crippen LogP contribution is 2.34. The summed E-state index contributed by atoms with van der Waals surface area (Å²) in [6.07, 6.45) is 7.85. The zero-order valence-electron chi connectivity index (χ0n) is 19.8. The number of hydrogen-bond donors (Lipinski definition) is 2. The van der Waals surface area contributed by atoms with E-state index in [0.717, 1.165) is 48.4 Å². The lowest BCUT2D eigenvalue weighted by atomic mass is 9.79. The largest absolute Gasteiger partial charge is 0.357 e. The maximum Gasteiger partial charge on any atom is 0.226 e. The van der Waals surface area contributed by atoms with E-state index in [9.17, 15) is 10.1 Å². The molecule has 0 radical (unpaired) electrons. The summed E-state index contributed by atoms with van der Waals surface area (Å²) in [4.78, 5) is 19.5. The van der Waals surface area contributed by atoms with Crippen molar-refractivity contribution in [3.05, 3.63) is 54.5 Å². The highest BCUT2D eigenvalue weighted by molar-refractivity contribution is 6.08. The summed E-state index contributed by atoms with van der Waals surface area (Å²) in [5, 5.41) is 24.5. The molecule has 8 heteroatoms. The number of aromatic nitrogens is 3. The molecule has 0 unspecified atom stereocenters. The van der Waals surface area contributed by atoms with Gasteiger partial charge in [0.1, 0.15) is 11.9 Å². The van der Waals surface area contributed by atoms with E-state index in [1.165, 1.54) is 12.4 Å². The van der Waals surface area contributed by atoms with Crippen LogP contribution in [0.4, 0.5) is 5.82 Å². The smallest absolute Gasteiger partial charge is 0.226 e. The summed E-state index contributed by atoms with van der Waals surface area (Å²) in [6.45, 7) is 11.4. The van der Waals surface area contributed by atoms with Crippen LogP contribution in [0.3, 0.4) is 0 Å². The maximum absolute atomic E-state index is 12.6. The number of fused-ring (bicyclic) bond motifs is 1. The minimum absolute atomic E-state index is 0.120. The fourth-order valence-corrected chi connectivity index (χ4v) is 4.31. The Balaban J connectivity index is 1.60. The first kappa shape index (κ1) is 23.2. The Bertz CT molecular complexity index is 1290. The molecule has 34 heavy (non-hydrogen) atoms. The number of rotatable bonds is 6. The third kappa shape index (κ3) is 4.29. The summed E-state index contributed by atoms with van der Waals surface area (Å²) >= 11 is 0. The monoisotopic (exact) mass is 455 g/mol. The van der Waals surface area contributed by atoms with Gasteiger partial charge in [0.05, 0.1) is 17.3 Å². The van der Waals surface area contributed by atoms with Gasteiger partial charge in [0.2, 0.25) is 5.91 Å². The minimum Gasteiger partial charge on any atom is -0.357 e. The van der Waals surface area contributed by atoms with Gasteiger partial charge in [0.15, 0.2) is 0 Å². The van der Waals surface area contributed by atoms with Crippen LogP contribution < -0.4 is 10.2 Å². The van der Waals surface area contributed by atoms with E-state index >= 15 is 0 Å². The standard InChI is InChI=1S/C26H29N7O/c1-17(2)31-25(34)26(4)7-9-32(10-8-26)23-6-5-19(14-29-23)22-11-20(18(3)12-27)16-33-24(22)21(13-28)15-30-33/h5-6,11-12,14-17,27H,3,7-10H2,1-2,4H3,(H,31,34). The van der Waals surface area contributed by atoms with Crippen LogP contribution in [0.1, 0.15) is 44.7 Å². The van der Waals surface area contributed by atoms with Crippen molar-refractivity contribution in [3.8, 4) is 17.2 Å². The fourth-order valence-electron chi connectivity index (χ4n) is 4.31. The lowest BCUT2D eigenvalue weighted by molar-refractivity contribution is -0.131. The Morgan fingerprint density at radius 2 is 2.06 bits per heavy atom. The SMILES string of the molecule is C=C(C=N)c1cc(-c2ccc(N3CCC(C)(C(=O)NC(C)C)CC3)nc2)c2c(C#N)cnn2c1. The third-order valence-electron chi connectivity index (χ3n) is 6.50. The Morgan fingerprint density at radius 3 is 2.65 bits per heavy atom. The number of nitrogens with one attached hydrogen (secondary N) is 2. The second-order valence-electron chi connectivity index (χ2n) is 9.36.